The van der Waals surface area contributed by atoms with E-state index in [9.17, 15) is 4.79 Å². The Kier molecular flexibility index (Phi) is 6.14. The Morgan fingerprint density at radius 1 is 1.10 bits per heavy atom. The fourth-order valence-corrected chi connectivity index (χ4v) is 3.10. The lowest BCUT2D eigenvalue weighted by molar-refractivity contribution is 0.108. The highest BCUT2D eigenvalue weighted by atomic mass is 32.2. The fourth-order valence-electron chi connectivity index (χ4n) is 1.95. The van der Waals surface area contributed by atoms with E-state index in [4.69, 9.17) is 0 Å². The van der Waals surface area contributed by atoms with Crippen LogP contribution in [0, 0.1) is 5.92 Å². The maximum Gasteiger partial charge on any atom is 0.221 e. The zero-order valence-electron chi connectivity index (χ0n) is 13.9. The third-order valence-electron chi connectivity index (χ3n) is 2.67. The molecule has 1 atom stereocenters. The van der Waals surface area contributed by atoms with Crippen LogP contribution in [0.15, 0.2) is 40.6 Å². The second kappa shape index (κ2) is 7.21. The number of benzene rings is 1. The summed E-state index contributed by atoms with van der Waals surface area (Å²) in [6.07, 6.45) is 0.815. The molecule has 0 spiro atoms. The first-order chi connectivity index (χ1) is 9.61. The number of carbonyl (C=O) groups is 1. The van der Waals surface area contributed by atoms with Gasteiger partial charge in [-0.15, -0.1) is 0 Å². The summed E-state index contributed by atoms with van der Waals surface area (Å²) in [7, 11) is 0. The van der Waals surface area contributed by atoms with Crippen LogP contribution in [-0.2, 0) is 0 Å². The molecule has 0 saturated carbocycles. The maximum atomic E-state index is 12.4. The van der Waals surface area contributed by atoms with E-state index in [2.05, 4.69) is 24.1 Å². The number of rotatable bonds is 5. The Labute approximate surface area is 132 Å². The molecule has 0 aliphatic heterocycles. The largest absolute Gasteiger partial charge is 0.281 e. The van der Waals surface area contributed by atoms with Crippen LogP contribution in [0.5, 0.6) is 0 Å². The van der Waals surface area contributed by atoms with Gasteiger partial charge < -0.3 is 0 Å². The van der Waals surface area contributed by atoms with Crippen molar-refractivity contribution >= 4 is 16.9 Å². The molecule has 1 aromatic carbocycles. The first-order valence-corrected chi connectivity index (χ1v) is 8.15. The number of thioether (sulfide) groups is 1. The van der Waals surface area contributed by atoms with Gasteiger partial charge in [-0.25, -0.2) is 0 Å². The molecular weight excluding hydrogens is 280 g/mol. The smallest absolute Gasteiger partial charge is 0.221 e. The van der Waals surface area contributed by atoms with Gasteiger partial charge in [0.1, 0.15) is 4.87 Å². The molecule has 21 heavy (non-hydrogen) atoms. The zero-order chi connectivity index (χ0) is 16.1. The minimum absolute atomic E-state index is 0.0478. The minimum atomic E-state index is -0.519. The second-order valence-corrected chi connectivity index (χ2v) is 8.35. The van der Waals surface area contributed by atoms with Crippen LogP contribution in [0.4, 0.5) is 0 Å². The highest BCUT2D eigenvalue weighted by molar-refractivity contribution is 8.15. The van der Waals surface area contributed by atoms with E-state index in [-0.39, 0.29) is 10.7 Å². The molecule has 0 saturated heterocycles. The van der Waals surface area contributed by atoms with Crippen molar-refractivity contribution in [1.29, 1.82) is 0 Å². The van der Waals surface area contributed by atoms with E-state index in [1.54, 1.807) is 0 Å². The van der Waals surface area contributed by atoms with Crippen LogP contribution in [0.25, 0.3) is 0 Å². The molecule has 1 unspecified atom stereocenters. The SMILES string of the molecule is CC(C)CC(C)(N=NC(C)(C)C)SC(=O)c1ccccc1. The molecular formula is C17H26N2OS. The molecule has 0 aromatic heterocycles. The summed E-state index contributed by atoms with van der Waals surface area (Å²) in [5.41, 5.74) is 0.484. The van der Waals surface area contributed by atoms with Crippen LogP contribution in [0.3, 0.4) is 0 Å². The van der Waals surface area contributed by atoms with Gasteiger partial charge in [0.25, 0.3) is 0 Å². The van der Waals surface area contributed by atoms with E-state index in [0.29, 0.717) is 11.5 Å². The van der Waals surface area contributed by atoms with E-state index in [1.165, 1.54) is 11.8 Å². The Morgan fingerprint density at radius 3 is 2.14 bits per heavy atom. The minimum Gasteiger partial charge on any atom is -0.281 e. The summed E-state index contributed by atoms with van der Waals surface area (Å²) < 4.78 is 0. The van der Waals surface area contributed by atoms with Crippen molar-refractivity contribution in [1.82, 2.24) is 0 Å². The van der Waals surface area contributed by atoms with Crippen molar-refractivity contribution in [3.63, 3.8) is 0 Å². The monoisotopic (exact) mass is 306 g/mol. The van der Waals surface area contributed by atoms with Gasteiger partial charge in [-0.3, -0.25) is 4.79 Å². The normalized spacial score (nSPS) is 15.4. The van der Waals surface area contributed by atoms with Crippen LogP contribution in [0.2, 0.25) is 0 Å². The summed E-state index contributed by atoms with van der Waals surface area (Å²) in [5.74, 6) is 0.449. The third-order valence-corrected chi connectivity index (χ3v) is 3.78. The van der Waals surface area contributed by atoms with Crippen molar-refractivity contribution in [2.45, 2.75) is 58.4 Å². The molecule has 1 aromatic rings. The summed E-state index contributed by atoms with van der Waals surface area (Å²) in [5, 5.41) is 8.93. The first-order valence-electron chi connectivity index (χ1n) is 7.34. The van der Waals surface area contributed by atoms with Gasteiger partial charge in [0.15, 0.2) is 0 Å². The third kappa shape index (κ3) is 6.89. The van der Waals surface area contributed by atoms with Crippen molar-refractivity contribution in [2.75, 3.05) is 0 Å². The summed E-state index contributed by atoms with van der Waals surface area (Å²) >= 11 is 1.27. The van der Waals surface area contributed by atoms with Crippen molar-refractivity contribution in [3.05, 3.63) is 35.9 Å². The number of azo groups is 1. The summed E-state index contributed by atoms with van der Waals surface area (Å²) in [6.45, 7) is 12.3. The molecule has 1 rings (SSSR count). The van der Waals surface area contributed by atoms with E-state index in [0.717, 1.165) is 6.42 Å². The Morgan fingerprint density at radius 2 is 1.67 bits per heavy atom. The van der Waals surface area contributed by atoms with Crippen molar-refractivity contribution in [3.8, 4) is 0 Å². The average molecular weight is 306 g/mol. The zero-order valence-corrected chi connectivity index (χ0v) is 14.7. The fraction of sp³-hybridized carbons (Fsp3) is 0.588. The number of carbonyl (C=O) groups excluding carboxylic acids is 1. The second-order valence-electron chi connectivity index (χ2n) is 6.90. The number of hydrogen-bond acceptors (Lipinski definition) is 4. The lowest BCUT2D eigenvalue weighted by Crippen LogP contribution is -2.23. The van der Waals surface area contributed by atoms with Gasteiger partial charge in [-0.1, -0.05) is 55.9 Å². The molecule has 0 amide bonds. The molecule has 0 bridgehead atoms. The van der Waals surface area contributed by atoms with Gasteiger partial charge in [0.2, 0.25) is 5.12 Å². The topological polar surface area (TPSA) is 41.8 Å². The van der Waals surface area contributed by atoms with Gasteiger partial charge in [-0.05, 0) is 40.0 Å². The standard InChI is InChI=1S/C17H26N2OS/c1-13(2)12-17(6,19-18-16(3,4)5)21-15(20)14-10-8-7-9-11-14/h7-11,13H,12H2,1-6H3. The van der Waals surface area contributed by atoms with E-state index >= 15 is 0 Å². The Balaban J connectivity index is 2.92. The molecule has 116 valence electrons. The molecule has 3 nitrogen and oxygen atoms in total. The first kappa shape index (κ1) is 17.9. The Bertz CT molecular complexity index is 491. The molecule has 4 heteroatoms. The van der Waals surface area contributed by atoms with E-state index in [1.807, 2.05) is 58.0 Å². The highest BCUT2D eigenvalue weighted by Crippen LogP contribution is 2.36. The molecule has 0 aliphatic carbocycles. The molecule has 0 N–H and O–H groups in total. The van der Waals surface area contributed by atoms with Crippen LogP contribution in [-0.4, -0.2) is 15.5 Å². The lowest BCUT2D eigenvalue weighted by Gasteiger charge is -2.25. The van der Waals surface area contributed by atoms with Crippen LogP contribution < -0.4 is 0 Å². The quantitative estimate of drug-likeness (QED) is 0.667. The van der Waals surface area contributed by atoms with E-state index < -0.39 is 4.87 Å². The van der Waals surface area contributed by atoms with Gasteiger partial charge in [0, 0.05) is 5.56 Å². The van der Waals surface area contributed by atoms with Gasteiger partial charge in [-0.2, -0.15) is 10.2 Å². The Hall–Kier alpha value is -1.16. The molecule has 0 fully saturated rings. The molecule has 0 heterocycles. The molecule has 0 radical (unpaired) electrons. The summed E-state index contributed by atoms with van der Waals surface area (Å²) in [4.78, 5) is 11.9. The maximum absolute atomic E-state index is 12.4. The molecule has 0 aliphatic rings. The van der Waals surface area contributed by atoms with Crippen molar-refractivity contribution in [2.24, 2.45) is 16.1 Å². The predicted octanol–water partition coefficient (Wildman–Crippen LogP) is 5.57. The lowest BCUT2D eigenvalue weighted by atomic mass is 10.1. The predicted molar refractivity (Wildman–Crippen MR) is 90.8 cm³/mol. The van der Waals surface area contributed by atoms with Gasteiger partial charge >= 0.3 is 0 Å². The summed E-state index contributed by atoms with van der Waals surface area (Å²) in [6, 6.07) is 9.35. The van der Waals surface area contributed by atoms with Crippen LogP contribution in [0.1, 0.15) is 58.3 Å². The highest BCUT2D eigenvalue weighted by Gasteiger charge is 2.30. The van der Waals surface area contributed by atoms with Crippen molar-refractivity contribution < 1.29 is 4.79 Å². The van der Waals surface area contributed by atoms with Crippen LogP contribution >= 0.6 is 11.8 Å². The number of nitrogens with zero attached hydrogens (tertiary/aromatic N) is 2. The average Bonchev–Trinajstić information content (AvgIpc) is 2.36. The van der Waals surface area contributed by atoms with Gasteiger partial charge in [0.05, 0.1) is 5.54 Å². The number of hydrogen-bond donors (Lipinski definition) is 0.